The zero-order valence-corrected chi connectivity index (χ0v) is 9.51. The van der Waals surface area contributed by atoms with E-state index < -0.39 is 0 Å². The third kappa shape index (κ3) is 4.02. The van der Waals surface area contributed by atoms with E-state index in [2.05, 4.69) is 10.5 Å². The van der Waals surface area contributed by atoms with Crippen molar-refractivity contribution in [3.63, 3.8) is 0 Å². The van der Waals surface area contributed by atoms with Crippen LogP contribution < -0.4 is 15.8 Å². The highest BCUT2D eigenvalue weighted by molar-refractivity contribution is 5.94. The monoisotopic (exact) mass is 237 g/mol. The van der Waals surface area contributed by atoms with E-state index in [4.69, 9.17) is 15.7 Å². The van der Waals surface area contributed by atoms with Gasteiger partial charge in [-0.05, 0) is 18.2 Å². The lowest BCUT2D eigenvalue weighted by Crippen LogP contribution is -2.27. The number of methoxy groups -OCH3 is 1. The Bertz CT molecular complexity index is 418. The number of hydrogen-bond donors (Lipinski definition) is 3. The SMILES string of the molecule is COc1cccc(C(=O)NCCC(N)=NO)c1. The number of carbonyl (C=O) groups excluding carboxylic acids is 1. The van der Waals surface area contributed by atoms with Crippen molar-refractivity contribution in [2.45, 2.75) is 6.42 Å². The molecule has 0 heterocycles. The van der Waals surface area contributed by atoms with Gasteiger partial charge in [-0.15, -0.1) is 0 Å². The summed E-state index contributed by atoms with van der Waals surface area (Å²) in [6, 6.07) is 6.81. The van der Waals surface area contributed by atoms with Crippen molar-refractivity contribution in [3.05, 3.63) is 29.8 Å². The summed E-state index contributed by atoms with van der Waals surface area (Å²) < 4.78 is 5.01. The number of amides is 1. The first kappa shape index (κ1) is 12.8. The molecule has 0 fully saturated rings. The van der Waals surface area contributed by atoms with E-state index in [1.165, 1.54) is 7.11 Å². The molecule has 0 atom stereocenters. The molecule has 1 aromatic rings. The van der Waals surface area contributed by atoms with Crippen LogP contribution in [0.15, 0.2) is 29.4 Å². The highest BCUT2D eigenvalue weighted by Crippen LogP contribution is 2.12. The van der Waals surface area contributed by atoms with Crippen molar-refractivity contribution in [2.24, 2.45) is 10.9 Å². The minimum Gasteiger partial charge on any atom is -0.497 e. The lowest BCUT2D eigenvalue weighted by molar-refractivity contribution is 0.0954. The lowest BCUT2D eigenvalue weighted by atomic mass is 10.2. The van der Waals surface area contributed by atoms with Crippen molar-refractivity contribution in [2.75, 3.05) is 13.7 Å². The topological polar surface area (TPSA) is 96.9 Å². The molecule has 0 spiro atoms. The summed E-state index contributed by atoms with van der Waals surface area (Å²) in [5.41, 5.74) is 5.78. The fourth-order valence-electron chi connectivity index (χ4n) is 1.22. The molecule has 0 saturated heterocycles. The fourth-order valence-corrected chi connectivity index (χ4v) is 1.22. The van der Waals surface area contributed by atoms with E-state index in [0.717, 1.165) is 0 Å². The van der Waals surface area contributed by atoms with Crippen LogP contribution in [0.4, 0.5) is 0 Å². The van der Waals surface area contributed by atoms with Gasteiger partial charge >= 0.3 is 0 Å². The maximum atomic E-state index is 11.7. The molecule has 1 rings (SSSR count). The summed E-state index contributed by atoms with van der Waals surface area (Å²) in [5.74, 6) is 0.472. The van der Waals surface area contributed by atoms with Gasteiger partial charge < -0.3 is 21.0 Å². The maximum absolute atomic E-state index is 11.7. The largest absolute Gasteiger partial charge is 0.497 e. The molecule has 0 bridgehead atoms. The van der Waals surface area contributed by atoms with Crippen LogP contribution in [0.25, 0.3) is 0 Å². The summed E-state index contributed by atoms with van der Waals surface area (Å²) in [5, 5.41) is 13.8. The highest BCUT2D eigenvalue weighted by Gasteiger charge is 2.05. The predicted molar refractivity (Wildman–Crippen MR) is 63.4 cm³/mol. The van der Waals surface area contributed by atoms with Gasteiger partial charge in [0.1, 0.15) is 11.6 Å². The van der Waals surface area contributed by atoms with Crippen LogP contribution in [0.1, 0.15) is 16.8 Å². The molecule has 92 valence electrons. The third-order valence-electron chi connectivity index (χ3n) is 2.13. The molecule has 6 nitrogen and oxygen atoms in total. The number of nitrogens with two attached hydrogens (primary N) is 1. The van der Waals surface area contributed by atoms with E-state index in [-0.39, 0.29) is 11.7 Å². The molecule has 0 aliphatic rings. The van der Waals surface area contributed by atoms with Crippen molar-refractivity contribution in [1.29, 1.82) is 0 Å². The lowest BCUT2D eigenvalue weighted by Gasteiger charge is -2.06. The standard InChI is InChI=1S/C11H15N3O3/c1-17-9-4-2-3-8(7-9)11(15)13-6-5-10(12)14-16/h2-4,7,16H,5-6H2,1H3,(H2,12,14)(H,13,15). The van der Waals surface area contributed by atoms with Crippen LogP contribution in [0.3, 0.4) is 0 Å². The molecule has 0 aliphatic carbocycles. The summed E-state index contributed by atoms with van der Waals surface area (Å²) in [4.78, 5) is 11.7. The first-order valence-corrected chi connectivity index (χ1v) is 5.06. The Balaban J connectivity index is 2.52. The van der Waals surface area contributed by atoms with E-state index in [0.29, 0.717) is 24.3 Å². The number of benzene rings is 1. The van der Waals surface area contributed by atoms with E-state index in [1.807, 2.05) is 0 Å². The number of ether oxygens (including phenoxy) is 1. The number of oxime groups is 1. The maximum Gasteiger partial charge on any atom is 0.251 e. The zero-order chi connectivity index (χ0) is 12.7. The van der Waals surface area contributed by atoms with Crippen LogP contribution in [-0.2, 0) is 0 Å². The summed E-state index contributed by atoms with van der Waals surface area (Å²) in [7, 11) is 1.54. The smallest absolute Gasteiger partial charge is 0.251 e. The van der Waals surface area contributed by atoms with Crippen LogP contribution >= 0.6 is 0 Å². The van der Waals surface area contributed by atoms with Gasteiger partial charge in [0.15, 0.2) is 0 Å². The van der Waals surface area contributed by atoms with E-state index in [1.54, 1.807) is 24.3 Å². The Labute approximate surface area is 99.1 Å². The average molecular weight is 237 g/mol. The molecule has 0 aliphatic heterocycles. The van der Waals surface area contributed by atoms with Gasteiger partial charge in [0.05, 0.1) is 7.11 Å². The second-order valence-electron chi connectivity index (χ2n) is 3.33. The molecule has 0 aromatic heterocycles. The molecule has 0 saturated carbocycles. The third-order valence-corrected chi connectivity index (χ3v) is 2.13. The fraction of sp³-hybridized carbons (Fsp3) is 0.273. The molecular formula is C11H15N3O3. The predicted octanol–water partition coefficient (Wildman–Crippen LogP) is 0.561. The average Bonchev–Trinajstić information content (AvgIpc) is 2.38. The second kappa shape index (κ2) is 6.37. The molecule has 17 heavy (non-hydrogen) atoms. The number of rotatable bonds is 5. The van der Waals surface area contributed by atoms with Crippen molar-refractivity contribution < 1.29 is 14.7 Å². The molecule has 0 unspecified atom stereocenters. The summed E-state index contributed by atoms with van der Waals surface area (Å²) in [6.45, 7) is 0.311. The minimum atomic E-state index is -0.227. The molecule has 1 aromatic carbocycles. The van der Waals surface area contributed by atoms with Gasteiger partial charge in [-0.2, -0.15) is 0 Å². The number of amidine groups is 1. The number of carbonyl (C=O) groups is 1. The van der Waals surface area contributed by atoms with Crippen LogP contribution in [0, 0.1) is 0 Å². The van der Waals surface area contributed by atoms with Gasteiger partial charge in [-0.1, -0.05) is 11.2 Å². The zero-order valence-electron chi connectivity index (χ0n) is 9.51. The van der Waals surface area contributed by atoms with Gasteiger partial charge in [0, 0.05) is 18.5 Å². The second-order valence-corrected chi connectivity index (χ2v) is 3.33. The Morgan fingerprint density at radius 1 is 1.59 bits per heavy atom. The first-order valence-electron chi connectivity index (χ1n) is 5.06. The van der Waals surface area contributed by atoms with Crippen LogP contribution in [-0.4, -0.2) is 30.6 Å². The Hall–Kier alpha value is -2.24. The number of hydrogen-bond acceptors (Lipinski definition) is 4. The molecular weight excluding hydrogens is 222 g/mol. The number of nitrogens with zero attached hydrogens (tertiary/aromatic N) is 1. The van der Waals surface area contributed by atoms with Crippen molar-refractivity contribution in [1.82, 2.24) is 5.32 Å². The Kier molecular flexibility index (Phi) is 4.80. The van der Waals surface area contributed by atoms with E-state index in [9.17, 15) is 4.79 Å². The van der Waals surface area contributed by atoms with Gasteiger partial charge in [-0.3, -0.25) is 4.79 Å². The van der Waals surface area contributed by atoms with Gasteiger partial charge in [-0.25, -0.2) is 0 Å². The van der Waals surface area contributed by atoms with Crippen LogP contribution in [0.2, 0.25) is 0 Å². The van der Waals surface area contributed by atoms with Crippen molar-refractivity contribution >= 4 is 11.7 Å². The highest BCUT2D eigenvalue weighted by atomic mass is 16.5. The number of nitrogens with one attached hydrogen (secondary N) is 1. The molecule has 4 N–H and O–H groups in total. The molecule has 0 radical (unpaired) electrons. The molecule has 1 amide bonds. The van der Waals surface area contributed by atoms with E-state index >= 15 is 0 Å². The van der Waals surface area contributed by atoms with Crippen LogP contribution in [0.5, 0.6) is 5.75 Å². The Morgan fingerprint density at radius 3 is 3.00 bits per heavy atom. The quantitative estimate of drug-likeness (QED) is 0.302. The van der Waals surface area contributed by atoms with Gasteiger partial charge in [0.2, 0.25) is 0 Å². The first-order chi connectivity index (χ1) is 8.17. The summed E-state index contributed by atoms with van der Waals surface area (Å²) >= 11 is 0. The van der Waals surface area contributed by atoms with Crippen molar-refractivity contribution in [3.8, 4) is 5.75 Å². The summed E-state index contributed by atoms with van der Waals surface area (Å²) in [6.07, 6.45) is 0.298. The van der Waals surface area contributed by atoms with Gasteiger partial charge in [0.25, 0.3) is 5.91 Å². The molecule has 6 heteroatoms. The normalized spacial score (nSPS) is 11.0. The Morgan fingerprint density at radius 2 is 2.35 bits per heavy atom. The minimum absolute atomic E-state index is 0.0796.